The van der Waals surface area contributed by atoms with E-state index < -0.39 is 22.1 Å². The molecule has 5 nitrogen and oxygen atoms in total. The van der Waals surface area contributed by atoms with Gasteiger partial charge in [-0.2, -0.15) is 0 Å². The summed E-state index contributed by atoms with van der Waals surface area (Å²) in [7, 11) is 0. The van der Waals surface area contributed by atoms with E-state index in [9.17, 15) is 14.4 Å². The Morgan fingerprint density at radius 3 is 2.00 bits per heavy atom. The van der Waals surface area contributed by atoms with Crippen molar-refractivity contribution in [2.45, 2.75) is 30.2 Å². The molecule has 0 spiro atoms. The minimum absolute atomic E-state index is 0.182. The van der Waals surface area contributed by atoms with Crippen LogP contribution in [-0.2, 0) is 18.7 Å². The van der Waals surface area contributed by atoms with Crippen LogP contribution < -0.4 is 4.90 Å². The Bertz CT molecular complexity index is 1320. The van der Waals surface area contributed by atoms with Crippen LogP contribution in [0, 0.1) is 11.8 Å². The Morgan fingerprint density at radius 1 is 0.882 bits per heavy atom. The van der Waals surface area contributed by atoms with Crippen LogP contribution in [-0.4, -0.2) is 23.9 Å². The summed E-state index contributed by atoms with van der Waals surface area (Å²) in [4.78, 5) is 41.3. The zero-order valence-electron chi connectivity index (χ0n) is 18.7. The number of benzene rings is 3. The highest BCUT2D eigenvalue weighted by Crippen LogP contribution is 2.66. The van der Waals surface area contributed by atoms with Crippen molar-refractivity contribution in [2.24, 2.45) is 11.8 Å². The number of amides is 2. The van der Waals surface area contributed by atoms with Gasteiger partial charge in [0.1, 0.15) is 0 Å². The normalized spacial score (nSPS) is 26.4. The summed E-state index contributed by atoms with van der Waals surface area (Å²) < 4.78 is 4.47. The monoisotopic (exact) mass is 515 g/mol. The molecule has 0 unspecified atom stereocenters. The highest BCUT2D eigenvalue weighted by atomic mass is 79.9. The molecule has 4 aliphatic rings. The SMILES string of the molecule is CC(C)OC(=O)c1ccc(N2C(=O)[C@H]3C4c5ccccc5C(Br)(c5ccccc54)[C@H]3C2=O)cc1. The molecule has 1 aliphatic heterocycles. The Balaban J connectivity index is 1.45. The van der Waals surface area contributed by atoms with E-state index in [0.717, 1.165) is 22.3 Å². The van der Waals surface area contributed by atoms with Crippen molar-refractivity contribution in [1.82, 2.24) is 0 Å². The van der Waals surface area contributed by atoms with Crippen LogP contribution in [0.15, 0.2) is 72.8 Å². The van der Waals surface area contributed by atoms with Crippen LogP contribution >= 0.6 is 15.9 Å². The van der Waals surface area contributed by atoms with Gasteiger partial charge in [0, 0.05) is 5.92 Å². The fraction of sp³-hybridized carbons (Fsp3) is 0.250. The largest absolute Gasteiger partial charge is 0.459 e. The maximum Gasteiger partial charge on any atom is 0.338 e. The van der Waals surface area contributed by atoms with Gasteiger partial charge in [0.25, 0.3) is 0 Å². The van der Waals surface area contributed by atoms with Crippen LogP contribution in [0.25, 0.3) is 0 Å². The molecule has 2 bridgehead atoms. The number of imide groups is 1. The second kappa shape index (κ2) is 7.37. The topological polar surface area (TPSA) is 63.7 Å². The first-order chi connectivity index (χ1) is 16.3. The number of carbonyl (C=O) groups is 3. The van der Waals surface area contributed by atoms with Crippen molar-refractivity contribution >= 4 is 39.4 Å². The molecule has 3 aromatic rings. The summed E-state index contributed by atoms with van der Waals surface area (Å²) in [6.45, 7) is 3.58. The van der Waals surface area contributed by atoms with E-state index in [1.165, 1.54) is 4.90 Å². The van der Waals surface area contributed by atoms with E-state index in [1.807, 2.05) is 24.3 Å². The molecule has 3 aliphatic carbocycles. The van der Waals surface area contributed by atoms with E-state index in [-0.39, 0.29) is 23.8 Å². The van der Waals surface area contributed by atoms with Crippen LogP contribution in [0.2, 0.25) is 0 Å². The van der Waals surface area contributed by atoms with Crippen molar-refractivity contribution in [1.29, 1.82) is 0 Å². The van der Waals surface area contributed by atoms with Gasteiger partial charge in [0.05, 0.1) is 33.5 Å². The first-order valence-electron chi connectivity index (χ1n) is 11.4. The molecule has 1 fully saturated rings. The quantitative estimate of drug-likeness (QED) is 0.274. The predicted octanol–water partition coefficient (Wildman–Crippen LogP) is 5.16. The zero-order valence-corrected chi connectivity index (χ0v) is 20.3. The molecule has 0 saturated carbocycles. The second-order valence-corrected chi connectivity index (χ2v) is 10.6. The molecule has 3 aromatic carbocycles. The van der Waals surface area contributed by atoms with Crippen LogP contribution in [0.1, 0.15) is 52.4 Å². The van der Waals surface area contributed by atoms with E-state index in [4.69, 9.17) is 4.74 Å². The number of hydrogen-bond acceptors (Lipinski definition) is 4. The lowest BCUT2D eigenvalue weighted by Gasteiger charge is -2.51. The number of rotatable bonds is 3. The minimum atomic E-state index is -0.776. The van der Waals surface area contributed by atoms with Crippen LogP contribution in [0.3, 0.4) is 0 Å². The molecular weight excluding hydrogens is 494 g/mol. The van der Waals surface area contributed by atoms with Crippen molar-refractivity contribution in [2.75, 3.05) is 4.90 Å². The van der Waals surface area contributed by atoms with Crippen LogP contribution in [0.4, 0.5) is 5.69 Å². The molecule has 1 saturated heterocycles. The number of halogens is 1. The highest BCUT2D eigenvalue weighted by molar-refractivity contribution is 9.09. The van der Waals surface area contributed by atoms with Gasteiger partial charge in [-0.1, -0.05) is 64.5 Å². The standard InChI is InChI=1S/C28H22BrNO4/c1-15(2)34-27(33)16-11-13-17(14-12-16)30-25(31)23-22-18-7-3-5-9-20(18)28(29,24(23)26(30)32)21-10-6-4-8-19(21)22/h3-15,22-24H,1-2H3/t22?,23-,24+,28?/m0/s1. The third-order valence-electron chi connectivity index (χ3n) is 7.22. The molecule has 2 atom stereocenters. The Hall–Kier alpha value is -3.25. The average Bonchev–Trinajstić information content (AvgIpc) is 3.10. The highest BCUT2D eigenvalue weighted by Gasteiger charge is 2.67. The van der Waals surface area contributed by atoms with Gasteiger partial charge in [0.15, 0.2) is 0 Å². The number of hydrogen-bond donors (Lipinski definition) is 0. The van der Waals surface area contributed by atoms with Gasteiger partial charge < -0.3 is 4.74 Å². The predicted molar refractivity (Wildman–Crippen MR) is 131 cm³/mol. The van der Waals surface area contributed by atoms with Gasteiger partial charge in [-0.25, -0.2) is 9.69 Å². The van der Waals surface area contributed by atoms with Gasteiger partial charge in [-0.15, -0.1) is 0 Å². The van der Waals surface area contributed by atoms with Crippen LogP contribution in [0.5, 0.6) is 0 Å². The molecule has 1 heterocycles. The molecule has 0 radical (unpaired) electrons. The summed E-state index contributed by atoms with van der Waals surface area (Å²) in [5.74, 6) is -2.09. The molecule has 7 rings (SSSR count). The summed E-state index contributed by atoms with van der Waals surface area (Å²) in [6, 6.07) is 22.7. The number of alkyl halides is 1. The van der Waals surface area contributed by atoms with Gasteiger partial charge in [-0.05, 0) is 60.4 Å². The summed E-state index contributed by atoms with van der Waals surface area (Å²) in [5, 5.41) is 0. The Labute approximate surface area is 205 Å². The summed E-state index contributed by atoms with van der Waals surface area (Å²) in [5.41, 5.74) is 5.13. The van der Waals surface area contributed by atoms with Crippen molar-refractivity contribution in [3.63, 3.8) is 0 Å². The van der Waals surface area contributed by atoms with Crippen molar-refractivity contribution in [3.8, 4) is 0 Å². The third-order valence-corrected chi connectivity index (χ3v) is 8.57. The lowest BCUT2D eigenvalue weighted by molar-refractivity contribution is -0.122. The van der Waals surface area contributed by atoms with Crippen molar-refractivity contribution in [3.05, 3.63) is 101 Å². The summed E-state index contributed by atoms with van der Waals surface area (Å²) >= 11 is 4.00. The number of anilines is 1. The molecule has 170 valence electrons. The Kier molecular flexibility index (Phi) is 4.62. The molecule has 0 N–H and O–H groups in total. The smallest absolute Gasteiger partial charge is 0.338 e. The lowest BCUT2D eigenvalue weighted by atomic mass is 9.55. The fourth-order valence-corrected chi connectivity index (χ4v) is 7.17. The van der Waals surface area contributed by atoms with Gasteiger partial charge in [0.2, 0.25) is 11.8 Å². The van der Waals surface area contributed by atoms with E-state index in [2.05, 4.69) is 40.2 Å². The number of ether oxygens (including phenoxy) is 1. The molecule has 2 amide bonds. The molecule has 0 aromatic heterocycles. The first kappa shape index (κ1) is 21.3. The summed E-state index contributed by atoms with van der Waals surface area (Å²) in [6.07, 6.45) is -0.231. The lowest BCUT2D eigenvalue weighted by Crippen LogP contribution is -2.50. The van der Waals surface area contributed by atoms with Gasteiger partial charge >= 0.3 is 5.97 Å². The minimum Gasteiger partial charge on any atom is -0.459 e. The average molecular weight is 516 g/mol. The number of carbonyl (C=O) groups excluding carboxylic acids is 3. The molecular formula is C28H22BrNO4. The Morgan fingerprint density at radius 2 is 1.44 bits per heavy atom. The maximum atomic E-state index is 13.9. The zero-order chi connectivity index (χ0) is 23.8. The third kappa shape index (κ3) is 2.69. The van der Waals surface area contributed by atoms with E-state index in [1.54, 1.807) is 38.1 Å². The van der Waals surface area contributed by atoms with Gasteiger partial charge in [-0.3, -0.25) is 9.59 Å². The maximum absolute atomic E-state index is 13.9. The number of nitrogens with zero attached hydrogens (tertiary/aromatic N) is 1. The molecule has 34 heavy (non-hydrogen) atoms. The molecule has 6 heteroatoms. The van der Waals surface area contributed by atoms with E-state index >= 15 is 0 Å². The van der Waals surface area contributed by atoms with Crippen molar-refractivity contribution < 1.29 is 19.1 Å². The number of esters is 1. The first-order valence-corrected chi connectivity index (χ1v) is 12.2. The fourth-order valence-electron chi connectivity index (χ4n) is 5.96. The van der Waals surface area contributed by atoms with E-state index in [0.29, 0.717) is 11.3 Å². The second-order valence-electron chi connectivity index (χ2n) is 9.38.